The molecule has 4 rings (SSSR count). The molecule has 1 N–H and O–H groups in total. The largest absolute Gasteiger partial charge is 0.344 e. The topological polar surface area (TPSA) is 85.1 Å². The van der Waals surface area contributed by atoms with Crippen LogP contribution in [-0.2, 0) is 4.79 Å². The molecule has 1 amide bonds. The zero-order valence-corrected chi connectivity index (χ0v) is 17.4. The lowest BCUT2D eigenvalue weighted by atomic mass is 9.99. The van der Waals surface area contributed by atoms with Gasteiger partial charge in [-0.15, -0.1) is 11.3 Å². The predicted octanol–water partition coefficient (Wildman–Crippen LogP) is 5.20. The second-order valence-corrected chi connectivity index (χ2v) is 8.75. The monoisotopic (exact) mass is 435 g/mol. The number of nitro groups is 1. The molecule has 0 aliphatic heterocycles. The van der Waals surface area contributed by atoms with Gasteiger partial charge in [0.15, 0.2) is 4.34 Å². The predicted molar refractivity (Wildman–Crippen MR) is 120 cm³/mol. The van der Waals surface area contributed by atoms with E-state index >= 15 is 0 Å². The minimum absolute atomic E-state index is 0.0361. The highest BCUT2D eigenvalue weighted by Crippen LogP contribution is 2.32. The highest BCUT2D eigenvalue weighted by molar-refractivity contribution is 8.01. The number of rotatable bonds is 7. The Balaban J connectivity index is 1.46. The Bertz CT molecular complexity index is 1140. The lowest BCUT2D eigenvalue weighted by Crippen LogP contribution is -2.30. The summed E-state index contributed by atoms with van der Waals surface area (Å²) in [6.07, 6.45) is 0. The summed E-state index contributed by atoms with van der Waals surface area (Å²) in [4.78, 5) is 27.7. The molecule has 150 valence electrons. The number of thiazole rings is 1. The third kappa shape index (κ3) is 4.67. The Morgan fingerprint density at radius 1 is 1.03 bits per heavy atom. The van der Waals surface area contributed by atoms with Gasteiger partial charge in [-0.05, 0) is 17.2 Å². The Hall–Kier alpha value is -3.23. The third-order valence-corrected chi connectivity index (χ3v) is 6.62. The molecule has 0 atom stereocenters. The van der Waals surface area contributed by atoms with Crippen molar-refractivity contribution in [2.75, 3.05) is 5.75 Å². The molecular weight excluding hydrogens is 418 g/mol. The summed E-state index contributed by atoms with van der Waals surface area (Å²) in [6, 6.07) is 24.0. The number of fused-ring (bicyclic) bond motifs is 1. The maximum Gasteiger partial charge on any atom is 0.270 e. The molecule has 0 saturated carbocycles. The molecule has 4 aromatic rings. The van der Waals surface area contributed by atoms with E-state index in [4.69, 9.17) is 0 Å². The SMILES string of the molecule is O=C(CSc1nc2ccc([N+](=O)[O-])cc2s1)NC(c1ccccc1)c1ccccc1. The number of carbonyl (C=O) groups excluding carboxylic acids is 1. The van der Waals surface area contributed by atoms with Gasteiger partial charge in [-0.25, -0.2) is 4.98 Å². The van der Waals surface area contributed by atoms with Gasteiger partial charge in [-0.1, -0.05) is 72.4 Å². The number of nitro benzene ring substituents is 1. The third-order valence-electron chi connectivity index (χ3n) is 4.46. The van der Waals surface area contributed by atoms with E-state index in [-0.39, 0.29) is 23.4 Å². The number of thioether (sulfide) groups is 1. The van der Waals surface area contributed by atoms with Crippen LogP contribution >= 0.6 is 23.1 Å². The molecule has 0 aliphatic rings. The molecule has 0 bridgehead atoms. The van der Waals surface area contributed by atoms with Gasteiger partial charge in [0.2, 0.25) is 5.91 Å². The highest BCUT2D eigenvalue weighted by Gasteiger charge is 2.17. The lowest BCUT2D eigenvalue weighted by molar-refractivity contribution is -0.384. The van der Waals surface area contributed by atoms with E-state index < -0.39 is 4.92 Å². The highest BCUT2D eigenvalue weighted by atomic mass is 32.2. The van der Waals surface area contributed by atoms with Crippen LogP contribution in [0.25, 0.3) is 10.2 Å². The van der Waals surface area contributed by atoms with Gasteiger partial charge in [0.25, 0.3) is 5.69 Å². The quantitative estimate of drug-likeness (QED) is 0.245. The van der Waals surface area contributed by atoms with Gasteiger partial charge in [-0.3, -0.25) is 14.9 Å². The summed E-state index contributed by atoms with van der Waals surface area (Å²) < 4.78 is 1.44. The van der Waals surface area contributed by atoms with Gasteiger partial charge >= 0.3 is 0 Å². The summed E-state index contributed by atoms with van der Waals surface area (Å²) in [7, 11) is 0. The zero-order chi connectivity index (χ0) is 20.9. The number of nitrogens with one attached hydrogen (secondary N) is 1. The van der Waals surface area contributed by atoms with Gasteiger partial charge < -0.3 is 5.32 Å². The van der Waals surface area contributed by atoms with Crippen LogP contribution < -0.4 is 5.32 Å². The van der Waals surface area contributed by atoms with Crippen molar-refractivity contribution < 1.29 is 9.72 Å². The van der Waals surface area contributed by atoms with E-state index in [0.717, 1.165) is 15.8 Å². The number of benzene rings is 3. The molecule has 0 saturated heterocycles. The molecule has 6 nitrogen and oxygen atoms in total. The minimum Gasteiger partial charge on any atom is -0.344 e. The van der Waals surface area contributed by atoms with Crippen molar-refractivity contribution in [2.24, 2.45) is 0 Å². The number of aromatic nitrogens is 1. The van der Waals surface area contributed by atoms with Crippen LogP contribution in [-0.4, -0.2) is 21.6 Å². The van der Waals surface area contributed by atoms with E-state index in [0.29, 0.717) is 9.86 Å². The van der Waals surface area contributed by atoms with Gasteiger partial charge in [-0.2, -0.15) is 0 Å². The number of non-ortho nitro benzene ring substituents is 1. The molecule has 0 unspecified atom stereocenters. The van der Waals surface area contributed by atoms with Crippen LogP contribution in [0.1, 0.15) is 17.2 Å². The molecule has 1 heterocycles. The van der Waals surface area contributed by atoms with Crippen molar-refractivity contribution in [2.45, 2.75) is 10.4 Å². The fourth-order valence-electron chi connectivity index (χ4n) is 3.05. The van der Waals surface area contributed by atoms with Crippen molar-refractivity contribution in [1.29, 1.82) is 0 Å². The Morgan fingerprint density at radius 2 is 1.67 bits per heavy atom. The Kier molecular flexibility index (Phi) is 6.06. The van der Waals surface area contributed by atoms with Crippen LogP contribution in [0.3, 0.4) is 0 Å². The van der Waals surface area contributed by atoms with E-state index in [1.54, 1.807) is 6.07 Å². The maximum atomic E-state index is 12.7. The first-order valence-corrected chi connectivity index (χ1v) is 11.0. The first kappa shape index (κ1) is 20.1. The number of nitrogens with zero attached hydrogens (tertiary/aromatic N) is 2. The van der Waals surface area contributed by atoms with Crippen LogP contribution in [0.4, 0.5) is 5.69 Å². The fraction of sp³-hybridized carbons (Fsp3) is 0.0909. The number of amides is 1. The van der Waals surface area contributed by atoms with Crippen LogP contribution in [0.2, 0.25) is 0 Å². The van der Waals surface area contributed by atoms with Crippen molar-refractivity contribution in [1.82, 2.24) is 10.3 Å². The van der Waals surface area contributed by atoms with Crippen molar-refractivity contribution in [3.8, 4) is 0 Å². The van der Waals surface area contributed by atoms with Crippen molar-refractivity contribution >= 4 is 44.9 Å². The summed E-state index contributed by atoms with van der Waals surface area (Å²) in [6.45, 7) is 0. The maximum absolute atomic E-state index is 12.7. The molecular formula is C22H17N3O3S2. The van der Waals surface area contributed by atoms with Gasteiger partial charge in [0, 0.05) is 12.1 Å². The Morgan fingerprint density at radius 3 is 2.27 bits per heavy atom. The zero-order valence-electron chi connectivity index (χ0n) is 15.7. The molecule has 0 spiro atoms. The smallest absolute Gasteiger partial charge is 0.270 e. The normalized spacial score (nSPS) is 11.0. The Labute approximate surface area is 181 Å². The van der Waals surface area contributed by atoms with E-state index in [1.165, 1.54) is 35.2 Å². The van der Waals surface area contributed by atoms with Crippen LogP contribution in [0, 0.1) is 10.1 Å². The summed E-state index contributed by atoms with van der Waals surface area (Å²) >= 11 is 2.68. The number of hydrogen-bond acceptors (Lipinski definition) is 6. The molecule has 30 heavy (non-hydrogen) atoms. The molecule has 1 aromatic heterocycles. The molecule has 0 aliphatic carbocycles. The second kappa shape index (κ2) is 9.06. The molecule has 0 radical (unpaired) electrons. The summed E-state index contributed by atoms with van der Waals surface area (Å²) in [5.74, 6) is 0.0980. The summed E-state index contributed by atoms with van der Waals surface area (Å²) in [5, 5.41) is 14.0. The average molecular weight is 436 g/mol. The van der Waals surface area contributed by atoms with E-state index in [9.17, 15) is 14.9 Å². The molecule has 8 heteroatoms. The summed E-state index contributed by atoms with van der Waals surface area (Å²) in [5.41, 5.74) is 2.75. The molecule has 0 fully saturated rings. The van der Waals surface area contributed by atoms with Gasteiger partial charge in [0.05, 0.1) is 26.9 Å². The first-order chi connectivity index (χ1) is 14.6. The number of carbonyl (C=O) groups is 1. The fourth-order valence-corrected chi connectivity index (χ4v) is 4.96. The standard InChI is InChI=1S/C22H17N3O3S2/c26-20(14-29-22-23-18-12-11-17(25(27)28)13-19(18)30-22)24-21(15-7-3-1-4-8-15)16-9-5-2-6-10-16/h1-13,21H,14H2,(H,24,26). The lowest BCUT2D eigenvalue weighted by Gasteiger charge is -2.19. The van der Waals surface area contributed by atoms with E-state index in [1.807, 2.05) is 60.7 Å². The van der Waals surface area contributed by atoms with Crippen molar-refractivity contribution in [3.05, 3.63) is 100 Å². The second-order valence-electron chi connectivity index (χ2n) is 6.50. The van der Waals surface area contributed by atoms with E-state index in [2.05, 4.69) is 10.3 Å². The van der Waals surface area contributed by atoms with Crippen molar-refractivity contribution in [3.63, 3.8) is 0 Å². The first-order valence-electron chi connectivity index (χ1n) is 9.17. The van der Waals surface area contributed by atoms with Crippen LogP contribution in [0.15, 0.2) is 83.2 Å². The number of hydrogen-bond donors (Lipinski definition) is 1. The minimum atomic E-state index is -0.424. The molecule has 3 aromatic carbocycles. The van der Waals surface area contributed by atoms with Gasteiger partial charge in [0.1, 0.15) is 0 Å². The average Bonchev–Trinajstić information content (AvgIpc) is 3.19. The van der Waals surface area contributed by atoms with Crippen LogP contribution in [0.5, 0.6) is 0 Å².